The fourth-order valence-corrected chi connectivity index (χ4v) is 3.32. The average molecular weight is 343 g/mol. The first kappa shape index (κ1) is 16.8. The second-order valence-corrected chi connectivity index (χ2v) is 6.99. The number of benzene rings is 1. The first-order valence-corrected chi connectivity index (χ1v) is 8.96. The molecular weight excluding hydrogens is 324 g/mol. The van der Waals surface area contributed by atoms with Gasteiger partial charge in [-0.1, -0.05) is 24.6 Å². The second-order valence-electron chi connectivity index (χ2n) is 4.88. The van der Waals surface area contributed by atoms with Gasteiger partial charge in [0.2, 0.25) is 5.96 Å². The third-order valence-electron chi connectivity index (χ3n) is 3.23. The summed E-state index contributed by atoms with van der Waals surface area (Å²) in [5.74, 6) is 0.535. The highest BCUT2D eigenvalue weighted by atomic mass is 35.5. The van der Waals surface area contributed by atoms with Gasteiger partial charge in [0.25, 0.3) is 10.0 Å². The molecule has 0 unspecified atom stereocenters. The number of nitrogens with zero attached hydrogens (tertiary/aromatic N) is 3. The van der Waals surface area contributed by atoms with Crippen molar-refractivity contribution < 1.29 is 8.42 Å². The maximum atomic E-state index is 12.4. The summed E-state index contributed by atoms with van der Waals surface area (Å²) in [4.78, 5) is 4.31. The van der Waals surface area contributed by atoms with E-state index in [1.807, 2.05) is 13.1 Å². The standard InChI is InChI=1S/C14H19ClN4O2S/c1-3-11-9-17-19(10-11)14(16-4-2)18-22(20,21)13-7-5-6-12(15)8-13/h5-9,11H,3-4,10H2,1-2H3,(H,16,18)/t11-/m0/s1. The number of halogens is 1. The Balaban J connectivity index is 2.21. The number of rotatable bonds is 4. The highest BCUT2D eigenvalue weighted by Crippen LogP contribution is 2.16. The molecule has 0 amide bonds. The van der Waals surface area contributed by atoms with Gasteiger partial charge in [0, 0.05) is 23.7 Å². The van der Waals surface area contributed by atoms with Gasteiger partial charge in [0.05, 0.1) is 11.4 Å². The maximum Gasteiger partial charge on any atom is 0.264 e. The number of hydrogen-bond acceptors (Lipinski definition) is 4. The van der Waals surface area contributed by atoms with Crippen LogP contribution in [0.2, 0.25) is 5.02 Å². The Morgan fingerprint density at radius 1 is 1.50 bits per heavy atom. The molecule has 0 spiro atoms. The first-order chi connectivity index (χ1) is 10.5. The Hall–Kier alpha value is -1.60. The molecule has 1 aliphatic rings. The summed E-state index contributed by atoms with van der Waals surface area (Å²) in [5, 5.41) is 6.17. The van der Waals surface area contributed by atoms with Gasteiger partial charge >= 0.3 is 0 Å². The van der Waals surface area contributed by atoms with Crippen LogP contribution in [0.15, 0.2) is 39.3 Å². The maximum absolute atomic E-state index is 12.4. The molecule has 120 valence electrons. The van der Waals surface area contributed by atoms with E-state index in [0.717, 1.165) is 6.42 Å². The molecule has 2 rings (SSSR count). The Morgan fingerprint density at radius 3 is 2.86 bits per heavy atom. The monoisotopic (exact) mass is 342 g/mol. The minimum absolute atomic E-state index is 0.0963. The van der Waals surface area contributed by atoms with Gasteiger partial charge in [-0.2, -0.15) is 5.10 Å². The highest BCUT2D eigenvalue weighted by molar-refractivity contribution is 7.90. The van der Waals surface area contributed by atoms with Crippen molar-refractivity contribution in [2.24, 2.45) is 16.0 Å². The van der Waals surface area contributed by atoms with Gasteiger partial charge in [-0.05, 0) is 31.5 Å². The molecule has 1 aromatic carbocycles. The molecule has 1 aromatic rings. The smallest absolute Gasteiger partial charge is 0.251 e. The summed E-state index contributed by atoms with van der Waals surface area (Å²) in [6.07, 6.45) is 2.76. The van der Waals surface area contributed by atoms with Crippen LogP contribution < -0.4 is 4.72 Å². The van der Waals surface area contributed by atoms with Crippen LogP contribution in [0.25, 0.3) is 0 Å². The minimum atomic E-state index is -3.75. The van der Waals surface area contributed by atoms with E-state index in [4.69, 9.17) is 11.6 Å². The summed E-state index contributed by atoms with van der Waals surface area (Å²) in [5.41, 5.74) is 0. The van der Waals surface area contributed by atoms with Crippen molar-refractivity contribution in [3.8, 4) is 0 Å². The van der Waals surface area contributed by atoms with Crippen molar-refractivity contribution in [2.45, 2.75) is 25.2 Å². The van der Waals surface area contributed by atoms with Gasteiger partial charge in [0.1, 0.15) is 0 Å². The summed E-state index contributed by atoms with van der Waals surface area (Å²) < 4.78 is 27.4. The van der Waals surface area contributed by atoms with Gasteiger partial charge in [-0.15, -0.1) is 0 Å². The summed E-state index contributed by atoms with van der Waals surface area (Å²) >= 11 is 5.86. The fourth-order valence-electron chi connectivity index (χ4n) is 2.00. The lowest BCUT2D eigenvalue weighted by Gasteiger charge is -2.19. The molecule has 8 heteroatoms. The van der Waals surface area contributed by atoms with Crippen LogP contribution in [0, 0.1) is 5.92 Å². The highest BCUT2D eigenvalue weighted by Gasteiger charge is 2.24. The number of guanidine groups is 1. The predicted molar refractivity (Wildman–Crippen MR) is 88.7 cm³/mol. The topological polar surface area (TPSA) is 74.1 Å². The quantitative estimate of drug-likeness (QED) is 0.674. The minimum Gasteiger partial charge on any atom is -0.251 e. The van der Waals surface area contributed by atoms with Gasteiger partial charge in [-0.25, -0.2) is 18.1 Å². The van der Waals surface area contributed by atoms with Crippen molar-refractivity contribution in [3.63, 3.8) is 0 Å². The Bertz CT molecular complexity index is 688. The van der Waals surface area contributed by atoms with Gasteiger partial charge in [0.15, 0.2) is 0 Å². The normalized spacial score (nSPS) is 18.8. The number of aliphatic imine (C=N–C) groups is 1. The number of hydrogen-bond donors (Lipinski definition) is 1. The van der Waals surface area contributed by atoms with E-state index < -0.39 is 10.0 Å². The number of sulfonamides is 1. The predicted octanol–water partition coefficient (Wildman–Crippen LogP) is 2.32. The zero-order chi connectivity index (χ0) is 16.2. The molecule has 6 nitrogen and oxygen atoms in total. The van der Waals surface area contributed by atoms with E-state index in [9.17, 15) is 8.42 Å². The van der Waals surface area contributed by atoms with Crippen LogP contribution in [-0.2, 0) is 10.0 Å². The molecule has 1 atom stereocenters. The zero-order valence-corrected chi connectivity index (χ0v) is 14.1. The van der Waals surface area contributed by atoms with Crippen molar-refractivity contribution in [2.75, 3.05) is 13.1 Å². The van der Waals surface area contributed by atoms with E-state index in [-0.39, 0.29) is 10.9 Å². The van der Waals surface area contributed by atoms with Crippen LogP contribution in [0.3, 0.4) is 0 Å². The molecule has 0 fully saturated rings. The number of hydrazone groups is 1. The fraction of sp³-hybridized carbons (Fsp3) is 0.429. The third-order valence-corrected chi connectivity index (χ3v) is 4.79. The Morgan fingerprint density at radius 2 is 2.27 bits per heavy atom. The van der Waals surface area contributed by atoms with Crippen LogP contribution in [0.1, 0.15) is 20.3 Å². The van der Waals surface area contributed by atoms with E-state index >= 15 is 0 Å². The summed E-state index contributed by atoms with van der Waals surface area (Å²) in [7, 11) is -3.75. The Labute approximate surface area is 135 Å². The Kier molecular flexibility index (Phi) is 5.42. The van der Waals surface area contributed by atoms with Crippen molar-refractivity contribution in [1.29, 1.82) is 0 Å². The molecule has 0 aromatic heterocycles. The van der Waals surface area contributed by atoms with Crippen LogP contribution in [0.4, 0.5) is 0 Å². The molecule has 1 N–H and O–H groups in total. The van der Waals surface area contributed by atoms with E-state index in [1.165, 1.54) is 12.1 Å². The lowest BCUT2D eigenvalue weighted by atomic mass is 10.1. The van der Waals surface area contributed by atoms with Gasteiger partial charge < -0.3 is 0 Å². The molecule has 0 radical (unpaired) electrons. The van der Waals surface area contributed by atoms with Crippen molar-refractivity contribution in [1.82, 2.24) is 9.73 Å². The molecule has 0 saturated carbocycles. The lowest BCUT2D eigenvalue weighted by molar-refractivity contribution is 0.429. The first-order valence-electron chi connectivity index (χ1n) is 7.10. The van der Waals surface area contributed by atoms with Crippen LogP contribution in [-0.4, -0.2) is 38.7 Å². The third kappa shape index (κ3) is 3.98. The number of nitrogens with one attached hydrogen (secondary N) is 1. The van der Waals surface area contributed by atoms with Crippen molar-refractivity contribution in [3.05, 3.63) is 29.3 Å². The molecule has 0 saturated heterocycles. The molecule has 0 bridgehead atoms. The molecule has 22 heavy (non-hydrogen) atoms. The van der Waals surface area contributed by atoms with Gasteiger partial charge in [-0.3, -0.25) is 4.99 Å². The SMILES string of the molecule is CCN=C(NS(=O)(=O)c1cccc(Cl)c1)N1C[C@@H](CC)C=N1. The molecule has 1 aliphatic heterocycles. The zero-order valence-electron chi connectivity index (χ0n) is 12.5. The second kappa shape index (κ2) is 7.11. The largest absolute Gasteiger partial charge is 0.264 e. The summed E-state index contributed by atoms with van der Waals surface area (Å²) in [6.45, 7) is 4.97. The molecular formula is C14H19ClN4O2S. The van der Waals surface area contributed by atoms with Crippen LogP contribution >= 0.6 is 11.6 Å². The molecule has 0 aliphatic carbocycles. The average Bonchev–Trinajstić information content (AvgIpc) is 2.95. The molecule has 1 heterocycles. The summed E-state index contributed by atoms with van der Waals surface area (Å²) in [6, 6.07) is 6.10. The van der Waals surface area contributed by atoms with E-state index in [2.05, 4.69) is 21.7 Å². The van der Waals surface area contributed by atoms with E-state index in [0.29, 0.717) is 24.0 Å². The lowest BCUT2D eigenvalue weighted by Crippen LogP contribution is -2.41. The van der Waals surface area contributed by atoms with Crippen molar-refractivity contribution >= 4 is 33.8 Å². The van der Waals surface area contributed by atoms with Crippen LogP contribution in [0.5, 0.6) is 0 Å². The van der Waals surface area contributed by atoms with E-state index in [1.54, 1.807) is 17.1 Å².